The van der Waals surface area contributed by atoms with Gasteiger partial charge in [-0.15, -0.1) is 0 Å². The molecule has 0 fully saturated rings. The second kappa shape index (κ2) is 8.12. The molecule has 1 atom stereocenters. The predicted molar refractivity (Wildman–Crippen MR) is 128 cm³/mol. The maximum absolute atomic E-state index is 14.6. The van der Waals surface area contributed by atoms with E-state index in [-0.39, 0.29) is 24.3 Å². The van der Waals surface area contributed by atoms with E-state index >= 15 is 0 Å². The smallest absolute Gasteiger partial charge is 0.237 e. The lowest BCUT2D eigenvalue weighted by Gasteiger charge is -2.28. The SMILES string of the molecule is Fc1ccc2ncn(-c3ncc4nc(-c5ccc(F)nc5)n(C5CCOc6c(F)cccc65)c4n3)c2c1. The monoisotopic (exact) mass is 499 g/mol. The van der Waals surface area contributed by atoms with Crippen molar-refractivity contribution in [3.05, 3.63) is 90.4 Å². The summed E-state index contributed by atoms with van der Waals surface area (Å²) in [6.07, 6.45) is 4.99. The molecule has 1 unspecified atom stereocenters. The molecular formula is C26H16F3N7O. The highest BCUT2D eigenvalue weighted by atomic mass is 19.1. The fourth-order valence-corrected chi connectivity index (χ4v) is 4.78. The molecule has 7 rings (SSSR count). The number of nitrogens with zero attached hydrogens (tertiary/aromatic N) is 7. The Labute approximate surface area is 207 Å². The fraction of sp³-hybridized carbons (Fsp3) is 0.115. The van der Waals surface area contributed by atoms with Crippen LogP contribution in [0.15, 0.2) is 67.3 Å². The van der Waals surface area contributed by atoms with Crippen molar-refractivity contribution < 1.29 is 17.9 Å². The molecule has 0 radical (unpaired) electrons. The number of benzene rings is 2. The van der Waals surface area contributed by atoms with E-state index in [1.54, 1.807) is 35.0 Å². The second-order valence-corrected chi connectivity index (χ2v) is 8.61. The van der Waals surface area contributed by atoms with Crippen LogP contribution in [0.1, 0.15) is 18.0 Å². The molecule has 5 heterocycles. The van der Waals surface area contributed by atoms with E-state index in [2.05, 4.69) is 15.0 Å². The van der Waals surface area contributed by atoms with Crippen LogP contribution < -0.4 is 4.74 Å². The first kappa shape index (κ1) is 21.5. The number of imidazole rings is 2. The van der Waals surface area contributed by atoms with Gasteiger partial charge in [-0.1, -0.05) is 12.1 Å². The van der Waals surface area contributed by atoms with Gasteiger partial charge in [-0.05, 0) is 30.3 Å². The zero-order chi connectivity index (χ0) is 25.1. The van der Waals surface area contributed by atoms with E-state index in [1.807, 2.05) is 4.57 Å². The molecule has 8 nitrogen and oxygen atoms in total. The molecule has 0 saturated heterocycles. The van der Waals surface area contributed by atoms with Crippen LogP contribution in [0.2, 0.25) is 0 Å². The largest absolute Gasteiger partial charge is 0.490 e. The molecule has 0 aliphatic carbocycles. The van der Waals surface area contributed by atoms with Crippen LogP contribution in [0.3, 0.4) is 0 Å². The number of rotatable bonds is 3. The van der Waals surface area contributed by atoms with Gasteiger partial charge in [-0.25, -0.2) is 28.7 Å². The molecule has 0 saturated carbocycles. The van der Waals surface area contributed by atoms with Crippen molar-refractivity contribution in [3.63, 3.8) is 0 Å². The lowest BCUT2D eigenvalue weighted by Crippen LogP contribution is -2.22. The molecule has 2 aromatic carbocycles. The Bertz CT molecular complexity index is 1810. The standard InChI is InChI=1S/C26H16F3N7O/c27-15-5-6-18-21(10-15)35(13-32-18)26-31-12-19-25(34-26)36(24(33-19)14-4-7-22(29)30-11-14)20-8-9-37-23-16(20)2-1-3-17(23)28/h1-7,10-13,20H,8-9H2. The van der Waals surface area contributed by atoms with Crippen molar-refractivity contribution in [3.8, 4) is 23.1 Å². The predicted octanol–water partition coefficient (Wildman–Crippen LogP) is 5.02. The molecule has 0 amide bonds. The zero-order valence-corrected chi connectivity index (χ0v) is 19.0. The van der Waals surface area contributed by atoms with Gasteiger partial charge in [0.2, 0.25) is 11.9 Å². The maximum Gasteiger partial charge on any atom is 0.237 e. The van der Waals surface area contributed by atoms with E-state index < -0.39 is 17.6 Å². The Balaban J connectivity index is 1.49. The minimum atomic E-state index is -0.619. The van der Waals surface area contributed by atoms with Gasteiger partial charge in [0.25, 0.3) is 0 Å². The number of hydrogen-bond donors (Lipinski definition) is 0. The zero-order valence-electron chi connectivity index (χ0n) is 19.0. The highest BCUT2D eigenvalue weighted by Crippen LogP contribution is 2.40. The first-order chi connectivity index (χ1) is 18.1. The summed E-state index contributed by atoms with van der Waals surface area (Å²) in [4.78, 5) is 22.1. The topological polar surface area (TPSA) is 83.5 Å². The highest BCUT2D eigenvalue weighted by Gasteiger charge is 2.30. The molecule has 4 aromatic heterocycles. The van der Waals surface area contributed by atoms with Crippen LogP contribution in [0.5, 0.6) is 5.75 Å². The second-order valence-electron chi connectivity index (χ2n) is 8.61. The van der Waals surface area contributed by atoms with Crippen LogP contribution in [0, 0.1) is 17.6 Å². The minimum absolute atomic E-state index is 0.175. The van der Waals surface area contributed by atoms with Crippen LogP contribution in [-0.2, 0) is 0 Å². The molecule has 182 valence electrons. The summed E-state index contributed by atoms with van der Waals surface area (Å²) in [5.41, 5.74) is 3.22. The lowest BCUT2D eigenvalue weighted by molar-refractivity contribution is 0.246. The van der Waals surface area contributed by atoms with Crippen molar-refractivity contribution >= 4 is 22.2 Å². The molecule has 0 spiro atoms. The number of hydrogen-bond acceptors (Lipinski definition) is 6. The average molecular weight is 499 g/mol. The first-order valence-electron chi connectivity index (χ1n) is 11.5. The van der Waals surface area contributed by atoms with Crippen molar-refractivity contribution in [1.82, 2.24) is 34.1 Å². The summed E-state index contributed by atoms with van der Waals surface area (Å²) in [6, 6.07) is 11.5. The molecular weight excluding hydrogens is 483 g/mol. The van der Waals surface area contributed by atoms with Gasteiger partial charge < -0.3 is 9.30 Å². The summed E-state index contributed by atoms with van der Waals surface area (Å²) >= 11 is 0. The van der Waals surface area contributed by atoms with E-state index in [1.165, 1.54) is 36.8 Å². The normalized spacial score (nSPS) is 15.2. The Kier molecular flexibility index (Phi) is 4.71. The molecule has 0 bridgehead atoms. The molecule has 1 aliphatic heterocycles. The summed E-state index contributed by atoms with van der Waals surface area (Å²) in [5.74, 6) is -0.582. The van der Waals surface area contributed by atoms with Gasteiger partial charge in [0.15, 0.2) is 17.2 Å². The molecule has 37 heavy (non-hydrogen) atoms. The Morgan fingerprint density at radius 2 is 1.81 bits per heavy atom. The molecule has 6 aromatic rings. The van der Waals surface area contributed by atoms with Crippen LogP contribution in [0.4, 0.5) is 13.2 Å². The third kappa shape index (κ3) is 3.42. The lowest BCUT2D eigenvalue weighted by atomic mass is 9.99. The van der Waals surface area contributed by atoms with Crippen molar-refractivity contribution in [2.24, 2.45) is 0 Å². The summed E-state index contributed by atoms with van der Waals surface area (Å²) in [6.45, 7) is 0.281. The van der Waals surface area contributed by atoms with Gasteiger partial charge in [-0.3, -0.25) is 4.57 Å². The van der Waals surface area contributed by atoms with Crippen molar-refractivity contribution in [1.29, 1.82) is 0 Å². The fourth-order valence-electron chi connectivity index (χ4n) is 4.78. The van der Waals surface area contributed by atoms with E-state index in [9.17, 15) is 13.2 Å². The Hall–Kier alpha value is -4.80. The number of pyridine rings is 1. The summed E-state index contributed by atoms with van der Waals surface area (Å²) < 4.78 is 51.3. The van der Waals surface area contributed by atoms with E-state index in [0.29, 0.717) is 45.6 Å². The van der Waals surface area contributed by atoms with Crippen LogP contribution in [0.25, 0.3) is 39.5 Å². The average Bonchev–Trinajstić information content (AvgIpc) is 3.50. The van der Waals surface area contributed by atoms with Gasteiger partial charge >= 0.3 is 0 Å². The number of halogens is 3. The minimum Gasteiger partial charge on any atom is -0.490 e. The third-order valence-corrected chi connectivity index (χ3v) is 6.44. The van der Waals surface area contributed by atoms with Crippen LogP contribution in [-0.4, -0.2) is 40.7 Å². The Morgan fingerprint density at radius 1 is 0.892 bits per heavy atom. The molecule has 11 heteroatoms. The Morgan fingerprint density at radius 3 is 2.68 bits per heavy atom. The number of aromatic nitrogens is 7. The van der Waals surface area contributed by atoms with Gasteiger partial charge in [0, 0.05) is 29.8 Å². The molecule has 0 N–H and O–H groups in total. The van der Waals surface area contributed by atoms with Crippen molar-refractivity contribution in [2.75, 3.05) is 6.61 Å². The highest BCUT2D eigenvalue weighted by molar-refractivity contribution is 5.79. The molecule has 1 aliphatic rings. The van der Waals surface area contributed by atoms with Gasteiger partial charge in [0.1, 0.15) is 23.5 Å². The quantitative estimate of drug-likeness (QED) is 0.318. The maximum atomic E-state index is 14.6. The van der Waals surface area contributed by atoms with E-state index in [4.69, 9.17) is 14.7 Å². The van der Waals surface area contributed by atoms with E-state index in [0.717, 1.165) is 0 Å². The number of para-hydroxylation sites is 1. The van der Waals surface area contributed by atoms with Gasteiger partial charge in [-0.2, -0.15) is 9.37 Å². The third-order valence-electron chi connectivity index (χ3n) is 6.44. The number of ether oxygens (including phenoxy) is 1. The van der Waals surface area contributed by atoms with Crippen LogP contribution >= 0.6 is 0 Å². The van der Waals surface area contributed by atoms with Gasteiger partial charge in [0.05, 0.1) is 29.9 Å². The van der Waals surface area contributed by atoms with Crippen molar-refractivity contribution in [2.45, 2.75) is 12.5 Å². The number of fused-ring (bicyclic) bond motifs is 3. The summed E-state index contributed by atoms with van der Waals surface area (Å²) in [5, 5.41) is 0. The summed E-state index contributed by atoms with van der Waals surface area (Å²) in [7, 11) is 0. The first-order valence-corrected chi connectivity index (χ1v) is 11.5.